The van der Waals surface area contributed by atoms with Crippen molar-refractivity contribution in [3.63, 3.8) is 0 Å². The van der Waals surface area contributed by atoms with Gasteiger partial charge in [-0.3, -0.25) is 4.79 Å². The number of nitrogens with two attached hydrogens (primary N) is 1. The number of aromatic nitrogens is 1. The maximum absolute atomic E-state index is 12.7. The highest BCUT2D eigenvalue weighted by molar-refractivity contribution is 5.94. The Morgan fingerprint density at radius 2 is 1.86 bits per heavy atom. The van der Waals surface area contributed by atoms with Crippen molar-refractivity contribution in [3.05, 3.63) is 18.0 Å². The summed E-state index contributed by atoms with van der Waals surface area (Å²) in [5, 5.41) is 0. The SMILES string of the molecule is CC(C)n1cc(N)cc1C(=O)N1CCC(C(C)(C)C)CC1. The third kappa shape index (κ3) is 3.42. The monoisotopic (exact) mass is 291 g/mol. The summed E-state index contributed by atoms with van der Waals surface area (Å²) in [5.74, 6) is 0.816. The standard InChI is InChI=1S/C17H29N3O/c1-12(2)20-11-14(18)10-15(20)16(21)19-8-6-13(7-9-19)17(3,4)5/h10-13H,6-9,18H2,1-5H3. The van der Waals surface area contributed by atoms with Crippen molar-refractivity contribution in [1.82, 2.24) is 9.47 Å². The lowest BCUT2D eigenvalue weighted by Crippen LogP contribution is -2.42. The quantitative estimate of drug-likeness (QED) is 0.906. The summed E-state index contributed by atoms with van der Waals surface area (Å²) in [6, 6.07) is 2.05. The highest BCUT2D eigenvalue weighted by Gasteiger charge is 2.31. The zero-order valence-corrected chi connectivity index (χ0v) is 14.0. The number of nitrogen functional groups attached to an aromatic ring is 1. The predicted molar refractivity (Wildman–Crippen MR) is 87.3 cm³/mol. The maximum atomic E-state index is 12.7. The van der Waals surface area contributed by atoms with Gasteiger partial charge in [0.1, 0.15) is 5.69 Å². The van der Waals surface area contributed by atoms with Gasteiger partial charge in [-0.15, -0.1) is 0 Å². The van der Waals surface area contributed by atoms with E-state index < -0.39 is 0 Å². The van der Waals surface area contributed by atoms with Crippen LogP contribution in [0.4, 0.5) is 5.69 Å². The molecule has 2 rings (SSSR count). The molecule has 0 bridgehead atoms. The lowest BCUT2D eigenvalue weighted by atomic mass is 9.75. The third-order valence-electron chi connectivity index (χ3n) is 4.65. The van der Waals surface area contributed by atoms with Gasteiger partial charge in [0.15, 0.2) is 0 Å². The van der Waals surface area contributed by atoms with Gasteiger partial charge in [-0.1, -0.05) is 20.8 Å². The third-order valence-corrected chi connectivity index (χ3v) is 4.65. The van der Waals surface area contributed by atoms with Crippen LogP contribution in [0, 0.1) is 11.3 Å². The molecule has 1 amide bonds. The van der Waals surface area contributed by atoms with Crippen LogP contribution < -0.4 is 5.73 Å². The minimum absolute atomic E-state index is 0.118. The molecule has 4 heteroatoms. The van der Waals surface area contributed by atoms with Gasteiger partial charge >= 0.3 is 0 Å². The number of nitrogens with zero attached hydrogens (tertiary/aromatic N) is 2. The highest BCUT2D eigenvalue weighted by Crippen LogP contribution is 2.34. The predicted octanol–water partition coefficient (Wildman–Crippen LogP) is 3.55. The molecule has 1 aromatic heterocycles. The fraction of sp³-hybridized carbons (Fsp3) is 0.706. The fourth-order valence-corrected chi connectivity index (χ4v) is 3.21. The van der Waals surface area contributed by atoms with Crippen LogP contribution in [-0.2, 0) is 0 Å². The summed E-state index contributed by atoms with van der Waals surface area (Å²) < 4.78 is 1.98. The molecule has 0 radical (unpaired) electrons. The summed E-state index contributed by atoms with van der Waals surface area (Å²) in [5.41, 5.74) is 7.59. The van der Waals surface area contributed by atoms with Crippen LogP contribution in [0.3, 0.4) is 0 Å². The van der Waals surface area contributed by atoms with Crippen molar-refractivity contribution in [3.8, 4) is 0 Å². The lowest BCUT2D eigenvalue weighted by Gasteiger charge is -2.38. The number of carbonyl (C=O) groups is 1. The summed E-state index contributed by atoms with van der Waals surface area (Å²) in [4.78, 5) is 14.7. The van der Waals surface area contributed by atoms with Crippen LogP contribution in [0.25, 0.3) is 0 Å². The molecule has 1 saturated heterocycles. The molecule has 1 aliphatic heterocycles. The molecule has 0 spiro atoms. The molecule has 0 saturated carbocycles. The van der Waals surface area contributed by atoms with Gasteiger partial charge in [0.25, 0.3) is 5.91 Å². The Kier molecular flexibility index (Phi) is 4.35. The molecule has 2 N–H and O–H groups in total. The molecule has 2 heterocycles. The molecule has 4 nitrogen and oxygen atoms in total. The van der Waals surface area contributed by atoms with Crippen LogP contribution in [0.2, 0.25) is 0 Å². The molecule has 1 aliphatic rings. The van der Waals surface area contributed by atoms with E-state index in [9.17, 15) is 4.79 Å². The molecule has 118 valence electrons. The number of anilines is 1. The summed E-state index contributed by atoms with van der Waals surface area (Å²) in [6.45, 7) is 12.7. The first-order valence-corrected chi connectivity index (χ1v) is 7.96. The average molecular weight is 291 g/mol. The number of amides is 1. The van der Waals surface area contributed by atoms with E-state index in [1.165, 1.54) is 0 Å². The smallest absolute Gasteiger partial charge is 0.270 e. The maximum Gasteiger partial charge on any atom is 0.270 e. The van der Waals surface area contributed by atoms with Gasteiger partial charge in [0.05, 0.1) is 5.69 Å². The van der Waals surface area contributed by atoms with Gasteiger partial charge in [-0.05, 0) is 44.1 Å². The summed E-state index contributed by atoms with van der Waals surface area (Å²) in [7, 11) is 0. The Hall–Kier alpha value is -1.45. The van der Waals surface area contributed by atoms with Gasteiger partial charge in [0.2, 0.25) is 0 Å². The lowest BCUT2D eigenvalue weighted by molar-refractivity contribution is 0.0597. The zero-order chi connectivity index (χ0) is 15.8. The number of carbonyl (C=O) groups excluding carboxylic acids is 1. The zero-order valence-electron chi connectivity index (χ0n) is 14.0. The van der Waals surface area contributed by atoms with Crippen LogP contribution in [0.1, 0.15) is 64.0 Å². The molecular weight excluding hydrogens is 262 g/mol. The largest absolute Gasteiger partial charge is 0.397 e. The number of likely N-dealkylation sites (tertiary alicyclic amines) is 1. The van der Waals surface area contributed by atoms with Gasteiger partial charge in [-0.25, -0.2) is 0 Å². The molecule has 1 aromatic rings. The van der Waals surface area contributed by atoms with Gasteiger partial charge in [-0.2, -0.15) is 0 Å². The van der Waals surface area contributed by atoms with Crippen LogP contribution in [-0.4, -0.2) is 28.5 Å². The molecular formula is C17H29N3O. The Morgan fingerprint density at radius 1 is 1.29 bits per heavy atom. The van der Waals surface area contributed by atoms with E-state index in [-0.39, 0.29) is 11.9 Å². The van der Waals surface area contributed by atoms with E-state index in [1.807, 2.05) is 15.7 Å². The van der Waals surface area contributed by atoms with E-state index in [1.54, 1.807) is 6.07 Å². The second kappa shape index (κ2) is 5.74. The molecule has 0 unspecified atom stereocenters. The number of hydrogen-bond acceptors (Lipinski definition) is 2. The molecule has 0 aliphatic carbocycles. The van der Waals surface area contributed by atoms with E-state index in [0.29, 0.717) is 17.0 Å². The molecule has 0 atom stereocenters. The van der Waals surface area contributed by atoms with E-state index in [0.717, 1.165) is 31.6 Å². The van der Waals surface area contributed by atoms with Crippen LogP contribution in [0.15, 0.2) is 12.3 Å². The average Bonchev–Trinajstić information content (AvgIpc) is 2.79. The van der Waals surface area contributed by atoms with Gasteiger partial charge in [0, 0.05) is 25.3 Å². The van der Waals surface area contributed by atoms with Crippen LogP contribution in [0.5, 0.6) is 0 Å². The molecule has 0 aromatic carbocycles. The molecule has 1 fully saturated rings. The van der Waals surface area contributed by atoms with Crippen molar-refractivity contribution in [2.45, 2.75) is 53.5 Å². The Morgan fingerprint density at radius 3 is 2.33 bits per heavy atom. The number of hydrogen-bond donors (Lipinski definition) is 1. The second-order valence-electron chi connectivity index (χ2n) is 7.59. The first-order valence-electron chi connectivity index (χ1n) is 7.96. The summed E-state index contributed by atoms with van der Waals surface area (Å²) >= 11 is 0. The molecule has 21 heavy (non-hydrogen) atoms. The number of rotatable bonds is 2. The first kappa shape index (κ1) is 15.9. The van der Waals surface area contributed by atoms with Crippen molar-refractivity contribution < 1.29 is 4.79 Å². The van der Waals surface area contributed by atoms with Gasteiger partial charge < -0.3 is 15.2 Å². The van der Waals surface area contributed by atoms with Crippen LogP contribution >= 0.6 is 0 Å². The summed E-state index contributed by atoms with van der Waals surface area (Å²) in [6.07, 6.45) is 4.04. The normalized spacial score (nSPS) is 17.5. The Labute approximate surface area is 128 Å². The fourth-order valence-electron chi connectivity index (χ4n) is 3.21. The Bertz CT molecular complexity index is 503. The number of piperidine rings is 1. The van der Waals surface area contributed by atoms with E-state index in [4.69, 9.17) is 5.73 Å². The Balaban J connectivity index is 2.09. The minimum atomic E-state index is 0.118. The topological polar surface area (TPSA) is 51.3 Å². The first-order chi connectivity index (χ1) is 9.70. The van der Waals surface area contributed by atoms with Crippen molar-refractivity contribution >= 4 is 11.6 Å². The minimum Gasteiger partial charge on any atom is -0.397 e. The van der Waals surface area contributed by atoms with E-state index >= 15 is 0 Å². The second-order valence-corrected chi connectivity index (χ2v) is 7.59. The van der Waals surface area contributed by atoms with Crippen molar-refractivity contribution in [2.75, 3.05) is 18.8 Å². The van der Waals surface area contributed by atoms with Crippen molar-refractivity contribution in [2.24, 2.45) is 11.3 Å². The van der Waals surface area contributed by atoms with E-state index in [2.05, 4.69) is 34.6 Å². The van der Waals surface area contributed by atoms with Crippen molar-refractivity contribution in [1.29, 1.82) is 0 Å². The highest BCUT2D eigenvalue weighted by atomic mass is 16.2.